The van der Waals surface area contributed by atoms with Crippen molar-refractivity contribution in [2.75, 3.05) is 19.6 Å². The third-order valence-electron chi connectivity index (χ3n) is 2.76. The van der Waals surface area contributed by atoms with Crippen LogP contribution >= 0.6 is 0 Å². The molecule has 1 rings (SSSR count). The fraction of sp³-hybridized carbons (Fsp3) is 0.500. The van der Waals surface area contributed by atoms with Gasteiger partial charge in [0, 0.05) is 6.54 Å². The Morgan fingerprint density at radius 2 is 2.00 bits per heavy atom. The molecule has 0 aliphatic heterocycles. The van der Waals surface area contributed by atoms with Crippen LogP contribution in [0.5, 0.6) is 0 Å². The Morgan fingerprint density at radius 1 is 1.35 bits per heavy atom. The predicted octanol–water partition coefficient (Wildman–Crippen LogP) is 2.13. The molecule has 92 valence electrons. The molecule has 17 heavy (non-hydrogen) atoms. The Bertz CT molecular complexity index is 368. The van der Waals surface area contributed by atoms with Gasteiger partial charge in [-0.1, -0.05) is 37.3 Å². The highest BCUT2D eigenvalue weighted by Gasteiger charge is 2.25. The van der Waals surface area contributed by atoms with Crippen LogP contribution in [-0.2, 0) is 5.60 Å². The summed E-state index contributed by atoms with van der Waals surface area (Å²) >= 11 is 0. The number of hydrogen-bond acceptors (Lipinski definition) is 3. The first-order chi connectivity index (χ1) is 8.10. The number of hydrogen-bond donors (Lipinski definition) is 1. The average molecular weight is 232 g/mol. The summed E-state index contributed by atoms with van der Waals surface area (Å²) in [5.41, 5.74) is -0.0214. The standard InChI is InChI=1S/C14H20N2O/c1-3-10-16(11-9-15)12-14(2,17)13-7-5-4-6-8-13/h4-8,17H,3,10-12H2,1-2H3. The molecule has 0 saturated carbocycles. The SMILES string of the molecule is CCCN(CC#N)CC(C)(O)c1ccccc1. The van der Waals surface area contributed by atoms with Crippen molar-refractivity contribution in [2.45, 2.75) is 25.9 Å². The topological polar surface area (TPSA) is 47.3 Å². The normalized spacial score (nSPS) is 14.3. The van der Waals surface area contributed by atoms with Gasteiger partial charge in [-0.2, -0.15) is 5.26 Å². The maximum Gasteiger partial charge on any atom is 0.0995 e. The molecule has 1 aromatic rings. The van der Waals surface area contributed by atoms with Crippen LogP contribution in [0.4, 0.5) is 0 Å². The Morgan fingerprint density at radius 3 is 2.53 bits per heavy atom. The molecule has 1 unspecified atom stereocenters. The maximum atomic E-state index is 10.5. The minimum absolute atomic E-state index is 0.358. The van der Waals surface area contributed by atoms with Crippen molar-refractivity contribution < 1.29 is 5.11 Å². The molecule has 0 aliphatic rings. The highest BCUT2D eigenvalue weighted by atomic mass is 16.3. The molecule has 3 nitrogen and oxygen atoms in total. The van der Waals surface area contributed by atoms with Gasteiger partial charge in [-0.15, -0.1) is 0 Å². The van der Waals surface area contributed by atoms with Crippen LogP contribution in [0.1, 0.15) is 25.8 Å². The molecule has 0 aromatic heterocycles. The van der Waals surface area contributed by atoms with Gasteiger partial charge in [0.05, 0.1) is 18.2 Å². The lowest BCUT2D eigenvalue weighted by Crippen LogP contribution is -2.39. The number of aliphatic hydroxyl groups is 1. The molecule has 3 heteroatoms. The second-order valence-electron chi connectivity index (χ2n) is 4.51. The van der Waals surface area contributed by atoms with E-state index in [0.717, 1.165) is 18.5 Å². The Labute approximate surface area is 103 Å². The molecule has 0 fully saturated rings. The van der Waals surface area contributed by atoms with E-state index in [4.69, 9.17) is 5.26 Å². The fourth-order valence-corrected chi connectivity index (χ4v) is 1.95. The summed E-state index contributed by atoms with van der Waals surface area (Å²) < 4.78 is 0. The van der Waals surface area contributed by atoms with Crippen molar-refractivity contribution in [2.24, 2.45) is 0 Å². The quantitative estimate of drug-likeness (QED) is 0.764. The van der Waals surface area contributed by atoms with Crippen molar-refractivity contribution >= 4 is 0 Å². The van der Waals surface area contributed by atoms with E-state index in [1.807, 2.05) is 35.2 Å². The highest BCUT2D eigenvalue weighted by molar-refractivity contribution is 5.21. The lowest BCUT2D eigenvalue weighted by Gasteiger charge is -2.30. The van der Waals surface area contributed by atoms with Crippen molar-refractivity contribution in [3.05, 3.63) is 35.9 Å². The van der Waals surface area contributed by atoms with Gasteiger partial charge < -0.3 is 5.11 Å². The molecule has 0 saturated heterocycles. The molecule has 0 radical (unpaired) electrons. The number of nitrogens with zero attached hydrogens (tertiary/aromatic N) is 2. The van der Waals surface area contributed by atoms with Gasteiger partial charge in [0.15, 0.2) is 0 Å². The molecular weight excluding hydrogens is 212 g/mol. The Balaban J connectivity index is 2.74. The third kappa shape index (κ3) is 4.18. The van der Waals surface area contributed by atoms with E-state index in [1.165, 1.54) is 0 Å². The second-order valence-corrected chi connectivity index (χ2v) is 4.51. The molecular formula is C14H20N2O. The van der Waals surface area contributed by atoms with E-state index in [-0.39, 0.29) is 0 Å². The van der Waals surface area contributed by atoms with E-state index in [9.17, 15) is 5.11 Å². The summed E-state index contributed by atoms with van der Waals surface area (Å²) in [5, 5.41) is 19.2. The minimum Gasteiger partial charge on any atom is -0.384 e. The number of rotatable bonds is 6. The van der Waals surface area contributed by atoms with Crippen LogP contribution in [-0.4, -0.2) is 29.6 Å². The zero-order valence-corrected chi connectivity index (χ0v) is 10.6. The molecule has 1 N–H and O–H groups in total. The van der Waals surface area contributed by atoms with Gasteiger partial charge in [0.2, 0.25) is 0 Å². The van der Waals surface area contributed by atoms with E-state index < -0.39 is 5.60 Å². The van der Waals surface area contributed by atoms with Crippen molar-refractivity contribution in [1.82, 2.24) is 4.90 Å². The van der Waals surface area contributed by atoms with E-state index in [0.29, 0.717) is 13.1 Å². The largest absolute Gasteiger partial charge is 0.384 e. The fourth-order valence-electron chi connectivity index (χ4n) is 1.95. The highest BCUT2D eigenvalue weighted by Crippen LogP contribution is 2.21. The van der Waals surface area contributed by atoms with Gasteiger partial charge in [0.25, 0.3) is 0 Å². The summed E-state index contributed by atoms with van der Waals surface area (Å²) in [7, 11) is 0. The summed E-state index contributed by atoms with van der Waals surface area (Å²) in [6, 6.07) is 11.7. The lowest BCUT2D eigenvalue weighted by atomic mass is 9.95. The predicted molar refractivity (Wildman–Crippen MR) is 68.4 cm³/mol. The Kier molecular flexibility index (Phi) is 5.14. The van der Waals surface area contributed by atoms with Gasteiger partial charge in [-0.25, -0.2) is 0 Å². The molecule has 0 aliphatic carbocycles. The summed E-state index contributed by atoms with van der Waals surface area (Å²) in [6.07, 6.45) is 0.979. The monoisotopic (exact) mass is 232 g/mol. The first kappa shape index (κ1) is 13.7. The van der Waals surface area contributed by atoms with Crippen molar-refractivity contribution in [3.63, 3.8) is 0 Å². The van der Waals surface area contributed by atoms with E-state index in [2.05, 4.69) is 13.0 Å². The van der Waals surface area contributed by atoms with Gasteiger partial charge in [0.1, 0.15) is 0 Å². The number of benzene rings is 1. The first-order valence-corrected chi connectivity index (χ1v) is 5.97. The van der Waals surface area contributed by atoms with Crippen LogP contribution < -0.4 is 0 Å². The van der Waals surface area contributed by atoms with Crippen LogP contribution in [0, 0.1) is 11.3 Å². The Hall–Kier alpha value is -1.37. The van der Waals surface area contributed by atoms with Crippen LogP contribution in [0.25, 0.3) is 0 Å². The molecule has 1 atom stereocenters. The lowest BCUT2D eigenvalue weighted by molar-refractivity contribution is 0.0197. The van der Waals surface area contributed by atoms with E-state index in [1.54, 1.807) is 6.92 Å². The van der Waals surface area contributed by atoms with Crippen LogP contribution in [0.2, 0.25) is 0 Å². The smallest absolute Gasteiger partial charge is 0.0995 e. The average Bonchev–Trinajstić information content (AvgIpc) is 2.30. The molecule has 0 bridgehead atoms. The summed E-state index contributed by atoms with van der Waals surface area (Å²) in [5.74, 6) is 0. The first-order valence-electron chi connectivity index (χ1n) is 5.97. The van der Waals surface area contributed by atoms with Gasteiger partial charge in [-0.05, 0) is 25.5 Å². The number of nitriles is 1. The third-order valence-corrected chi connectivity index (χ3v) is 2.76. The zero-order valence-electron chi connectivity index (χ0n) is 10.6. The maximum absolute atomic E-state index is 10.5. The van der Waals surface area contributed by atoms with Crippen LogP contribution in [0.3, 0.4) is 0 Å². The molecule has 0 heterocycles. The van der Waals surface area contributed by atoms with Crippen molar-refractivity contribution in [1.29, 1.82) is 5.26 Å². The summed E-state index contributed by atoms with van der Waals surface area (Å²) in [4.78, 5) is 1.98. The van der Waals surface area contributed by atoms with Gasteiger partial charge >= 0.3 is 0 Å². The zero-order chi connectivity index (χ0) is 12.7. The molecule has 0 spiro atoms. The molecule has 0 amide bonds. The van der Waals surface area contributed by atoms with Crippen LogP contribution in [0.15, 0.2) is 30.3 Å². The van der Waals surface area contributed by atoms with E-state index >= 15 is 0 Å². The van der Waals surface area contributed by atoms with Crippen molar-refractivity contribution in [3.8, 4) is 6.07 Å². The molecule has 1 aromatic carbocycles. The second kappa shape index (κ2) is 6.39. The summed E-state index contributed by atoms with van der Waals surface area (Å²) in [6.45, 7) is 5.54. The van der Waals surface area contributed by atoms with Gasteiger partial charge in [-0.3, -0.25) is 4.90 Å². The minimum atomic E-state index is -0.909.